The van der Waals surface area contributed by atoms with E-state index in [0.29, 0.717) is 10.6 Å². The zero-order valence-electron chi connectivity index (χ0n) is 6.34. The van der Waals surface area contributed by atoms with Gasteiger partial charge in [-0.1, -0.05) is 29.8 Å². The lowest BCUT2D eigenvalue weighted by Crippen LogP contribution is -2.12. The highest BCUT2D eigenvalue weighted by molar-refractivity contribution is 6.31. The maximum absolute atomic E-state index is 12.1. The Morgan fingerprint density at radius 3 is 2.50 bits per heavy atom. The summed E-state index contributed by atoms with van der Waals surface area (Å²) in [4.78, 5) is 0. The first kappa shape index (κ1) is 11.7. The minimum Gasteiger partial charge on any atom is -0.322 e. The Bertz CT molecular complexity index is 242. The molecule has 0 saturated heterocycles. The lowest BCUT2D eigenvalue weighted by molar-refractivity contribution is 0.437. The summed E-state index contributed by atoms with van der Waals surface area (Å²) < 4.78 is 12.1. The van der Waals surface area contributed by atoms with Crippen molar-refractivity contribution >= 4 is 24.0 Å². The number of hydrogen-bond donors (Lipinski definition) is 1. The molecule has 0 saturated carbocycles. The predicted octanol–water partition coefficient (Wildman–Crippen LogP) is 2.73. The summed E-state index contributed by atoms with van der Waals surface area (Å²) in [6.07, 6.45) is 0. The molecular formula is C8H10Cl2FN. The van der Waals surface area contributed by atoms with E-state index in [-0.39, 0.29) is 12.4 Å². The predicted molar refractivity (Wildman–Crippen MR) is 51.6 cm³/mol. The van der Waals surface area contributed by atoms with Gasteiger partial charge < -0.3 is 5.73 Å². The fourth-order valence-electron chi connectivity index (χ4n) is 0.859. The van der Waals surface area contributed by atoms with Crippen molar-refractivity contribution in [3.05, 3.63) is 34.9 Å². The van der Waals surface area contributed by atoms with Crippen molar-refractivity contribution in [2.24, 2.45) is 5.73 Å². The average molecular weight is 210 g/mol. The first-order chi connectivity index (χ1) is 5.25. The van der Waals surface area contributed by atoms with E-state index in [1.54, 1.807) is 24.3 Å². The molecule has 0 fully saturated rings. The van der Waals surface area contributed by atoms with Crippen LogP contribution in [0, 0.1) is 0 Å². The second-order valence-corrected chi connectivity index (χ2v) is 2.69. The van der Waals surface area contributed by atoms with Gasteiger partial charge in [-0.15, -0.1) is 12.4 Å². The number of nitrogens with two attached hydrogens (primary N) is 1. The first-order valence-electron chi connectivity index (χ1n) is 3.31. The standard InChI is InChI=1S/C8H9ClFN.ClH/c9-7-4-2-1-3-6(7)8(11)5-10;/h1-4,8H,5,11H2;1H/t8-;/m0./s1. The molecule has 1 rings (SSSR count). The van der Waals surface area contributed by atoms with E-state index in [1.165, 1.54) is 0 Å². The molecule has 2 N–H and O–H groups in total. The molecular weight excluding hydrogens is 200 g/mol. The second-order valence-electron chi connectivity index (χ2n) is 2.28. The molecule has 4 heteroatoms. The van der Waals surface area contributed by atoms with E-state index < -0.39 is 12.7 Å². The van der Waals surface area contributed by atoms with Crippen molar-refractivity contribution in [2.75, 3.05) is 6.67 Å². The Labute approximate surface area is 82.1 Å². The minimum atomic E-state index is -0.594. The maximum Gasteiger partial charge on any atom is 0.109 e. The molecule has 1 atom stereocenters. The molecule has 0 amide bonds. The fraction of sp³-hybridized carbons (Fsp3) is 0.250. The highest BCUT2D eigenvalue weighted by atomic mass is 35.5. The van der Waals surface area contributed by atoms with Gasteiger partial charge in [0.25, 0.3) is 0 Å². The monoisotopic (exact) mass is 209 g/mol. The molecule has 0 radical (unpaired) electrons. The molecule has 0 aliphatic heterocycles. The molecule has 1 aromatic carbocycles. The van der Waals surface area contributed by atoms with E-state index in [4.69, 9.17) is 17.3 Å². The minimum absolute atomic E-state index is 0. The Morgan fingerprint density at radius 2 is 2.00 bits per heavy atom. The van der Waals surface area contributed by atoms with Crippen LogP contribution in [0.4, 0.5) is 4.39 Å². The summed E-state index contributed by atoms with van der Waals surface area (Å²) in [5.41, 5.74) is 6.10. The summed E-state index contributed by atoms with van der Waals surface area (Å²) in [5.74, 6) is 0. The topological polar surface area (TPSA) is 26.0 Å². The van der Waals surface area contributed by atoms with E-state index >= 15 is 0 Å². The normalized spacial score (nSPS) is 11.9. The quantitative estimate of drug-likeness (QED) is 0.797. The summed E-state index contributed by atoms with van der Waals surface area (Å²) in [7, 11) is 0. The largest absolute Gasteiger partial charge is 0.322 e. The first-order valence-corrected chi connectivity index (χ1v) is 3.69. The van der Waals surface area contributed by atoms with Crippen LogP contribution in [0.3, 0.4) is 0 Å². The van der Waals surface area contributed by atoms with Gasteiger partial charge in [-0.25, -0.2) is 4.39 Å². The number of halogens is 3. The van der Waals surface area contributed by atoms with Crippen LogP contribution in [0.1, 0.15) is 11.6 Å². The zero-order valence-corrected chi connectivity index (χ0v) is 7.91. The molecule has 0 spiro atoms. The van der Waals surface area contributed by atoms with Crippen molar-refractivity contribution in [3.8, 4) is 0 Å². The van der Waals surface area contributed by atoms with Gasteiger partial charge in [0.2, 0.25) is 0 Å². The lowest BCUT2D eigenvalue weighted by Gasteiger charge is -2.08. The van der Waals surface area contributed by atoms with Crippen LogP contribution in [0.15, 0.2) is 24.3 Å². The van der Waals surface area contributed by atoms with E-state index in [0.717, 1.165) is 0 Å². The summed E-state index contributed by atoms with van der Waals surface area (Å²) in [6, 6.07) is 6.41. The van der Waals surface area contributed by atoms with Crippen molar-refractivity contribution < 1.29 is 4.39 Å². The fourth-order valence-corrected chi connectivity index (χ4v) is 1.13. The van der Waals surface area contributed by atoms with Crippen LogP contribution in [-0.4, -0.2) is 6.67 Å². The van der Waals surface area contributed by atoms with Gasteiger partial charge >= 0.3 is 0 Å². The van der Waals surface area contributed by atoms with Gasteiger partial charge in [0.1, 0.15) is 6.67 Å². The molecule has 12 heavy (non-hydrogen) atoms. The Hall–Kier alpha value is -0.310. The number of benzene rings is 1. The maximum atomic E-state index is 12.1. The summed E-state index contributed by atoms with van der Waals surface area (Å²) in [6.45, 7) is -0.580. The lowest BCUT2D eigenvalue weighted by atomic mass is 10.1. The second kappa shape index (κ2) is 5.36. The number of hydrogen-bond acceptors (Lipinski definition) is 1. The van der Waals surface area contributed by atoms with Crippen molar-refractivity contribution in [3.63, 3.8) is 0 Å². The van der Waals surface area contributed by atoms with Gasteiger partial charge in [-0.05, 0) is 11.6 Å². The molecule has 1 nitrogen and oxygen atoms in total. The van der Waals surface area contributed by atoms with Crippen molar-refractivity contribution in [1.29, 1.82) is 0 Å². The van der Waals surface area contributed by atoms with E-state index in [1.807, 2.05) is 0 Å². The molecule has 0 bridgehead atoms. The van der Waals surface area contributed by atoms with Crippen LogP contribution in [0.25, 0.3) is 0 Å². The molecule has 0 aromatic heterocycles. The van der Waals surface area contributed by atoms with Gasteiger partial charge in [0, 0.05) is 5.02 Å². The van der Waals surface area contributed by atoms with Crippen LogP contribution >= 0.6 is 24.0 Å². The van der Waals surface area contributed by atoms with Crippen LogP contribution in [-0.2, 0) is 0 Å². The third-order valence-electron chi connectivity index (χ3n) is 1.47. The molecule has 1 aromatic rings. The van der Waals surface area contributed by atoms with Crippen LogP contribution in [0.2, 0.25) is 5.02 Å². The third kappa shape index (κ3) is 2.63. The van der Waals surface area contributed by atoms with E-state index in [9.17, 15) is 4.39 Å². The van der Waals surface area contributed by atoms with Gasteiger partial charge in [0.05, 0.1) is 6.04 Å². The zero-order chi connectivity index (χ0) is 8.27. The molecule has 0 aliphatic rings. The third-order valence-corrected chi connectivity index (χ3v) is 1.82. The molecule has 68 valence electrons. The Balaban J connectivity index is 0.00000121. The molecule has 0 aliphatic carbocycles. The average Bonchev–Trinajstić information content (AvgIpc) is 2.04. The Kier molecular flexibility index (Phi) is 5.22. The van der Waals surface area contributed by atoms with Crippen LogP contribution in [0.5, 0.6) is 0 Å². The summed E-state index contributed by atoms with van der Waals surface area (Å²) >= 11 is 5.75. The van der Waals surface area contributed by atoms with E-state index in [2.05, 4.69) is 0 Å². The number of rotatable bonds is 2. The highest BCUT2D eigenvalue weighted by Crippen LogP contribution is 2.20. The molecule has 0 heterocycles. The van der Waals surface area contributed by atoms with Gasteiger partial charge in [-0.2, -0.15) is 0 Å². The smallest absolute Gasteiger partial charge is 0.109 e. The van der Waals surface area contributed by atoms with Gasteiger partial charge in [0.15, 0.2) is 0 Å². The Morgan fingerprint density at radius 1 is 1.42 bits per heavy atom. The highest BCUT2D eigenvalue weighted by Gasteiger charge is 2.07. The van der Waals surface area contributed by atoms with Crippen LogP contribution < -0.4 is 5.73 Å². The summed E-state index contributed by atoms with van der Waals surface area (Å²) in [5, 5.41) is 0.526. The molecule has 0 unspecified atom stereocenters. The van der Waals surface area contributed by atoms with Crippen molar-refractivity contribution in [2.45, 2.75) is 6.04 Å². The van der Waals surface area contributed by atoms with Crippen molar-refractivity contribution in [1.82, 2.24) is 0 Å². The SMILES string of the molecule is Cl.N[C@@H](CF)c1ccccc1Cl. The van der Waals surface area contributed by atoms with Gasteiger partial charge in [-0.3, -0.25) is 0 Å². The number of alkyl halides is 1.